The average Bonchev–Trinajstić information content (AvgIpc) is 3.01. The van der Waals surface area contributed by atoms with Gasteiger partial charge in [-0.25, -0.2) is 4.79 Å². The van der Waals surface area contributed by atoms with Crippen molar-refractivity contribution in [1.82, 2.24) is 14.5 Å². The van der Waals surface area contributed by atoms with Crippen molar-refractivity contribution in [2.24, 2.45) is 17.4 Å². The Morgan fingerprint density at radius 2 is 2.04 bits per heavy atom. The summed E-state index contributed by atoms with van der Waals surface area (Å²) in [6.07, 6.45) is -1.11. The average molecular weight is 361 g/mol. The third-order valence-electron chi connectivity index (χ3n) is 4.68. The van der Waals surface area contributed by atoms with Crippen molar-refractivity contribution in [1.29, 1.82) is 0 Å². The lowest BCUT2D eigenvalue weighted by Crippen LogP contribution is -2.33. The zero-order valence-electron chi connectivity index (χ0n) is 14.6. The molecule has 2 atom stereocenters. The molecule has 0 aromatic carbocycles. The van der Waals surface area contributed by atoms with Gasteiger partial charge in [-0.2, -0.15) is 4.98 Å². The van der Waals surface area contributed by atoms with Gasteiger partial charge in [0.25, 0.3) is 5.56 Å². The van der Waals surface area contributed by atoms with Crippen molar-refractivity contribution in [2.45, 2.75) is 12.6 Å². The van der Waals surface area contributed by atoms with Gasteiger partial charge in [-0.3, -0.25) is 14.3 Å². The van der Waals surface area contributed by atoms with Gasteiger partial charge in [0, 0.05) is 49.6 Å². The highest BCUT2D eigenvalue weighted by atomic mass is 16.6. The zero-order chi connectivity index (χ0) is 18.7. The molecule has 26 heavy (non-hydrogen) atoms. The summed E-state index contributed by atoms with van der Waals surface area (Å²) in [5.41, 5.74) is 11.3. The van der Waals surface area contributed by atoms with Crippen molar-refractivity contribution in [3.63, 3.8) is 0 Å². The third-order valence-corrected chi connectivity index (χ3v) is 4.68. The normalized spacial score (nSPS) is 20.4. The molecule has 9 nitrogen and oxygen atoms in total. The van der Waals surface area contributed by atoms with Crippen LogP contribution in [-0.2, 0) is 11.3 Å². The number of nitrogens with zero attached hydrogens (tertiary/aromatic N) is 3. The molecule has 1 fully saturated rings. The lowest BCUT2D eigenvalue weighted by atomic mass is 10.1. The number of hydrogen-bond acceptors (Lipinski definition) is 7. The molecule has 1 aliphatic heterocycles. The van der Waals surface area contributed by atoms with Crippen molar-refractivity contribution < 1.29 is 14.3 Å². The number of nitrogens with two attached hydrogens (primary N) is 2. The Balaban J connectivity index is 1.76. The molecule has 140 valence electrons. The fraction of sp³-hybridized carbons (Fsp3) is 0.471. The van der Waals surface area contributed by atoms with E-state index in [1.54, 1.807) is 16.7 Å². The molecule has 0 saturated carbocycles. The number of fused-ring (bicyclic) bond motifs is 1. The minimum absolute atomic E-state index is 0.0324. The van der Waals surface area contributed by atoms with Crippen molar-refractivity contribution >= 4 is 17.1 Å². The van der Waals surface area contributed by atoms with E-state index in [9.17, 15) is 9.59 Å². The number of carbonyl (C=O) groups excluding carboxylic acids is 1. The van der Waals surface area contributed by atoms with Crippen LogP contribution in [0.4, 0.5) is 4.79 Å². The van der Waals surface area contributed by atoms with Gasteiger partial charge in [-0.05, 0) is 18.7 Å². The fourth-order valence-corrected chi connectivity index (χ4v) is 3.33. The minimum atomic E-state index is -0.795. The molecule has 1 aliphatic rings. The van der Waals surface area contributed by atoms with E-state index in [1.807, 2.05) is 6.07 Å². The van der Waals surface area contributed by atoms with E-state index in [4.69, 9.17) is 20.9 Å². The zero-order valence-corrected chi connectivity index (χ0v) is 14.6. The summed E-state index contributed by atoms with van der Waals surface area (Å²) < 4.78 is 11.9. The van der Waals surface area contributed by atoms with E-state index < -0.39 is 6.09 Å². The van der Waals surface area contributed by atoms with Crippen molar-refractivity contribution in [3.8, 4) is 5.88 Å². The van der Waals surface area contributed by atoms with Gasteiger partial charge >= 0.3 is 6.09 Å². The quantitative estimate of drug-likeness (QED) is 0.727. The summed E-state index contributed by atoms with van der Waals surface area (Å²) in [5.74, 6) is 0.487. The number of ether oxygens (including phenoxy) is 2. The predicted molar refractivity (Wildman–Crippen MR) is 96.0 cm³/mol. The number of hydrogen-bond donors (Lipinski definition) is 2. The number of primary amides is 1. The molecule has 2 aromatic rings. The van der Waals surface area contributed by atoms with E-state index >= 15 is 0 Å². The van der Waals surface area contributed by atoms with E-state index in [-0.39, 0.29) is 17.6 Å². The Labute approximate surface area is 150 Å². The first-order chi connectivity index (χ1) is 12.5. The standard InChI is InChI=1S/C17H23N5O4/c1-25-14-4-2-11-3-5-15(23)22(16(11)20-14)7-6-21-9-12(8-18)13(10-21)26-17(19)24/h2-5,12-13H,6-10,18H2,1H3,(H2,19,24)/t12-,13+/m0/s1. The Morgan fingerprint density at radius 3 is 2.73 bits per heavy atom. The Bertz CT molecular complexity index is 853. The Morgan fingerprint density at radius 1 is 1.27 bits per heavy atom. The van der Waals surface area contributed by atoms with Crippen LogP contribution >= 0.6 is 0 Å². The van der Waals surface area contributed by atoms with Gasteiger partial charge in [-0.15, -0.1) is 0 Å². The molecule has 2 aromatic heterocycles. The molecule has 1 amide bonds. The fourth-order valence-electron chi connectivity index (χ4n) is 3.33. The number of rotatable bonds is 6. The van der Waals surface area contributed by atoms with E-state index in [2.05, 4.69) is 9.88 Å². The second-order valence-electron chi connectivity index (χ2n) is 6.32. The third kappa shape index (κ3) is 3.78. The molecule has 0 bridgehead atoms. The number of amides is 1. The highest BCUT2D eigenvalue weighted by Crippen LogP contribution is 2.20. The van der Waals surface area contributed by atoms with Crippen molar-refractivity contribution in [3.05, 3.63) is 34.6 Å². The number of carbonyl (C=O) groups is 1. The summed E-state index contributed by atoms with van der Waals surface area (Å²) in [4.78, 5) is 29.9. The molecule has 0 aliphatic carbocycles. The van der Waals surface area contributed by atoms with Crippen LogP contribution < -0.4 is 21.8 Å². The molecule has 0 spiro atoms. The van der Waals surface area contributed by atoms with E-state index in [0.29, 0.717) is 44.3 Å². The van der Waals surface area contributed by atoms with Gasteiger partial charge in [-0.1, -0.05) is 0 Å². The molecule has 0 radical (unpaired) electrons. The maximum absolute atomic E-state index is 12.3. The summed E-state index contributed by atoms with van der Waals surface area (Å²) in [6.45, 7) is 2.69. The number of aromatic nitrogens is 2. The summed E-state index contributed by atoms with van der Waals surface area (Å²) in [5, 5.41) is 0.863. The van der Waals surface area contributed by atoms with Gasteiger partial charge in [0.15, 0.2) is 0 Å². The molecule has 9 heteroatoms. The van der Waals surface area contributed by atoms with Crippen LogP contribution in [0.5, 0.6) is 5.88 Å². The smallest absolute Gasteiger partial charge is 0.404 e. The molecular weight excluding hydrogens is 338 g/mol. The largest absolute Gasteiger partial charge is 0.481 e. The van der Waals surface area contributed by atoms with E-state index in [0.717, 1.165) is 5.39 Å². The van der Waals surface area contributed by atoms with Crippen LogP contribution in [-0.4, -0.2) is 59.9 Å². The number of pyridine rings is 2. The van der Waals surface area contributed by atoms with Gasteiger partial charge < -0.3 is 20.9 Å². The second kappa shape index (κ2) is 7.71. The second-order valence-corrected chi connectivity index (χ2v) is 6.32. The summed E-state index contributed by atoms with van der Waals surface area (Å²) in [7, 11) is 1.54. The van der Waals surface area contributed by atoms with Crippen LogP contribution in [0.1, 0.15) is 0 Å². The maximum atomic E-state index is 12.3. The number of likely N-dealkylation sites (tertiary alicyclic amines) is 1. The van der Waals surface area contributed by atoms with Crippen LogP contribution in [0.2, 0.25) is 0 Å². The first-order valence-corrected chi connectivity index (χ1v) is 8.45. The molecule has 3 heterocycles. The Hall–Kier alpha value is -2.65. The van der Waals surface area contributed by atoms with E-state index in [1.165, 1.54) is 13.2 Å². The van der Waals surface area contributed by atoms with Crippen molar-refractivity contribution in [2.75, 3.05) is 33.3 Å². The molecule has 4 N–H and O–H groups in total. The minimum Gasteiger partial charge on any atom is -0.481 e. The van der Waals surface area contributed by atoms with Gasteiger partial charge in [0.05, 0.1) is 7.11 Å². The summed E-state index contributed by atoms with van der Waals surface area (Å²) in [6, 6.07) is 6.91. The lowest BCUT2D eigenvalue weighted by molar-refractivity contribution is 0.0904. The number of methoxy groups -OCH3 is 1. The molecular formula is C17H23N5O4. The van der Waals surface area contributed by atoms with Gasteiger partial charge in [0.1, 0.15) is 11.8 Å². The van der Waals surface area contributed by atoms with Crippen LogP contribution in [0.3, 0.4) is 0 Å². The molecule has 1 saturated heterocycles. The SMILES string of the molecule is COc1ccc2ccc(=O)n(CCN3C[C@H](CN)[C@H](OC(N)=O)C3)c2n1. The topological polar surface area (TPSA) is 126 Å². The van der Waals surface area contributed by atoms with Crippen LogP contribution in [0.15, 0.2) is 29.1 Å². The highest BCUT2D eigenvalue weighted by Gasteiger charge is 2.34. The maximum Gasteiger partial charge on any atom is 0.404 e. The highest BCUT2D eigenvalue weighted by molar-refractivity contribution is 5.75. The predicted octanol–water partition coefficient (Wildman–Crippen LogP) is -0.240. The van der Waals surface area contributed by atoms with Crippen LogP contribution in [0.25, 0.3) is 11.0 Å². The monoisotopic (exact) mass is 361 g/mol. The Kier molecular flexibility index (Phi) is 5.38. The summed E-state index contributed by atoms with van der Waals surface area (Å²) >= 11 is 0. The van der Waals surface area contributed by atoms with Crippen LogP contribution in [0, 0.1) is 5.92 Å². The molecule has 3 rings (SSSR count). The first-order valence-electron chi connectivity index (χ1n) is 8.45. The lowest BCUT2D eigenvalue weighted by Gasteiger charge is -2.17. The molecule has 0 unspecified atom stereocenters. The van der Waals surface area contributed by atoms with Gasteiger partial charge in [0.2, 0.25) is 5.88 Å². The first kappa shape index (κ1) is 18.2.